The van der Waals surface area contributed by atoms with Crippen LogP contribution < -0.4 is 5.73 Å². The lowest BCUT2D eigenvalue weighted by molar-refractivity contribution is 0.0152. The highest BCUT2D eigenvalue weighted by Gasteiger charge is 2.30. The minimum absolute atomic E-state index is 0.147. The Bertz CT molecular complexity index is 508. The summed E-state index contributed by atoms with van der Waals surface area (Å²) in [5.74, 6) is 0.431. The molecule has 0 spiro atoms. The molecule has 0 saturated carbocycles. The van der Waals surface area contributed by atoms with E-state index in [1.54, 1.807) is 17.0 Å². The lowest BCUT2D eigenvalue weighted by Crippen LogP contribution is -2.45. The molecule has 1 amide bonds. The molecule has 1 saturated heterocycles. The van der Waals surface area contributed by atoms with Crippen molar-refractivity contribution in [3.8, 4) is 5.75 Å². The van der Waals surface area contributed by atoms with Gasteiger partial charge in [-0.3, -0.25) is 0 Å². The largest absolute Gasteiger partial charge is 0.508 e. The second-order valence-corrected chi connectivity index (χ2v) is 6.95. The highest BCUT2D eigenvalue weighted by molar-refractivity contribution is 5.68. The molecule has 5 heteroatoms. The Morgan fingerprint density at radius 2 is 2.00 bits per heavy atom. The minimum atomic E-state index is -0.483. The monoisotopic (exact) mass is 306 g/mol. The maximum Gasteiger partial charge on any atom is 0.410 e. The van der Waals surface area contributed by atoms with Gasteiger partial charge in [-0.25, -0.2) is 4.79 Å². The number of hydrogen-bond donors (Lipinski definition) is 2. The first-order valence-corrected chi connectivity index (χ1v) is 7.79. The maximum atomic E-state index is 12.2. The molecular formula is C17H26N2O3. The number of ether oxygens (including phenoxy) is 1. The Balaban J connectivity index is 2.00. The van der Waals surface area contributed by atoms with Crippen molar-refractivity contribution in [2.24, 2.45) is 11.7 Å². The van der Waals surface area contributed by atoms with Crippen molar-refractivity contribution in [2.45, 2.75) is 45.3 Å². The van der Waals surface area contributed by atoms with Crippen LogP contribution in [-0.2, 0) is 4.74 Å². The van der Waals surface area contributed by atoms with Gasteiger partial charge in [0, 0.05) is 19.1 Å². The summed E-state index contributed by atoms with van der Waals surface area (Å²) in [6.07, 6.45) is 1.65. The zero-order valence-electron chi connectivity index (χ0n) is 13.6. The number of amides is 1. The van der Waals surface area contributed by atoms with Gasteiger partial charge < -0.3 is 20.5 Å². The number of benzene rings is 1. The van der Waals surface area contributed by atoms with Gasteiger partial charge >= 0.3 is 6.09 Å². The van der Waals surface area contributed by atoms with Crippen LogP contribution in [0, 0.1) is 5.92 Å². The first-order chi connectivity index (χ1) is 10.3. The summed E-state index contributed by atoms with van der Waals surface area (Å²) in [5, 5.41) is 9.36. The molecule has 2 atom stereocenters. The Hall–Kier alpha value is -1.75. The molecule has 2 rings (SSSR count). The van der Waals surface area contributed by atoms with Crippen molar-refractivity contribution in [1.82, 2.24) is 4.90 Å². The number of nitrogens with zero attached hydrogens (tertiary/aromatic N) is 1. The Kier molecular flexibility index (Phi) is 4.96. The molecule has 122 valence electrons. The molecule has 1 fully saturated rings. The van der Waals surface area contributed by atoms with Crippen LogP contribution in [0.3, 0.4) is 0 Å². The quantitative estimate of drug-likeness (QED) is 0.880. The third kappa shape index (κ3) is 4.37. The molecule has 0 bridgehead atoms. The van der Waals surface area contributed by atoms with Crippen LogP contribution in [0.15, 0.2) is 24.3 Å². The fourth-order valence-corrected chi connectivity index (χ4v) is 2.76. The summed E-state index contributed by atoms with van der Waals surface area (Å²) < 4.78 is 5.44. The molecule has 2 unspecified atom stereocenters. The minimum Gasteiger partial charge on any atom is -0.508 e. The molecule has 1 aliphatic heterocycles. The normalized spacial score (nSPS) is 20.5. The molecule has 1 aliphatic rings. The molecular weight excluding hydrogens is 280 g/mol. The lowest BCUT2D eigenvalue weighted by atomic mass is 9.87. The SMILES string of the molecule is CC(C)(C)OC(=O)N1CCCC(C(N)c2ccc(O)cc2)C1. The molecule has 1 aromatic carbocycles. The standard InChI is InChI=1S/C17H26N2O3/c1-17(2,3)22-16(21)19-10-4-5-13(11-19)15(18)12-6-8-14(20)9-7-12/h6-9,13,15,20H,4-5,10-11,18H2,1-3H3. The van der Waals surface area contributed by atoms with Crippen molar-refractivity contribution in [1.29, 1.82) is 0 Å². The van der Waals surface area contributed by atoms with E-state index in [-0.39, 0.29) is 23.8 Å². The van der Waals surface area contributed by atoms with Crippen LogP contribution in [0.25, 0.3) is 0 Å². The van der Waals surface area contributed by atoms with Crippen molar-refractivity contribution in [2.75, 3.05) is 13.1 Å². The number of carbonyl (C=O) groups is 1. The zero-order valence-corrected chi connectivity index (χ0v) is 13.6. The third-order valence-electron chi connectivity index (χ3n) is 3.90. The first-order valence-electron chi connectivity index (χ1n) is 7.79. The second-order valence-electron chi connectivity index (χ2n) is 6.95. The van der Waals surface area contributed by atoms with Crippen molar-refractivity contribution < 1.29 is 14.6 Å². The highest BCUT2D eigenvalue weighted by Crippen LogP contribution is 2.29. The summed E-state index contributed by atoms with van der Waals surface area (Å²) >= 11 is 0. The summed E-state index contributed by atoms with van der Waals surface area (Å²) in [7, 11) is 0. The molecule has 0 radical (unpaired) electrons. The van der Waals surface area contributed by atoms with E-state index >= 15 is 0 Å². The number of rotatable bonds is 2. The number of aromatic hydroxyl groups is 1. The number of phenolic OH excluding ortho intramolecular Hbond substituents is 1. The van der Waals surface area contributed by atoms with Crippen LogP contribution in [0.5, 0.6) is 5.75 Å². The van der Waals surface area contributed by atoms with Gasteiger partial charge in [0.05, 0.1) is 0 Å². The zero-order chi connectivity index (χ0) is 16.3. The van der Waals surface area contributed by atoms with Gasteiger partial charge in [-0.1, -0.05) is 12.1 Å². The van der Waals surface area contributed by atoms with Crippen LogP contribution in [-0.4, -0.2) is 34.8 Å². The van der Waals surface area contributed by atoms with Gasteiger partial charge in [-0.15, -0.1) is 0 Å². The van der Waals surface area contributed by atoms with Crippen molar-refractivity contribution >= 4 is 6.09 Å². The summed E-state index contributed by atoms with van der Waals surface area (Å²) in [4.78, 5) is 13.9. The number of nitrogens with two attached hydrogens (primary N) is 1. The van der Waals surface area contributed by atoms with E-state index in [0.717, 1.165) is 18.4 Å². The molecule has 1 heterocycles. The number of likely N-dealkylation sites (tertiary alicyclic amines) is 1. The molecule has 5 nitrogen and oxygen atoms in total. The second kappa shape index (κ2) is 6.57. The summed E-state index contributed by atoms with van der Waals surface area (Å²) in [5.41, 5.74) is 6.85. The summed E-state index contributed by atoms with van der Waals surface area (Å²) in [6, 6.07) is 6.82. The van der Waals surface area contributed by atoms with E-state index in [9.17, 15) is 9.90 Å². The number of phenols is 1. The Morgan fingerprint density at radius 3 is 2.59 bits per heavy atom. The Labute approximate surface area is 132 Å². The fourth-order valence-electron chi connectivity index (χ4n) is 2.76. The average molecular weight is 306 g/mol. The van der Waals surface area contributed by atoms with Gasteiger partial charge in [-0.2, -0.15) is 0 Å². The molecule has 3 N–H and O–H groups in total. The molecule has 0 aromatic heterocycles. The van der Waals surface area contributed by atoms with Crippen LogP contribution in [0.4, 0.5) is 4.79 Å². The smallest absolute Gasteiger partial charge is 0.410 e. The fraction of sp³-hybridized carbons (Fsp3) is 0.588. The van der Waals surface area contributed by atoms with E-state index in [1.807, 2.05) is 32.9 Å². The highest BCUT2D eigenvalue weighted by atomic mass is 16.6. The van der Waals surface area contributed by atoms with Crippen LogP contribution in [0.2, 0.25) is 0 Å². The number of carbonyl (C=O) groups excluding carboxylic acids is 1. The number of piperidine rings is 1. The van der Waals surface area contributed by atoms with Crippen molar-refractivity contribution in [3.63, 3.8) is 0 Å². The maximum absolute atomic E-state index is 12.2. The topological polar surface area (TPSA) is 75.8 Å². The molecule has 0 aliphatic carbocycles. The van der Waals surface area contributed by atoms with E-state index in [0.29, 0.717) is 13.1 Å². The summed E-state index contributed by atoms with van der Waals surface area (Å²) in [6.45, 7) is 6.93. The van der Waals surface area contributed by atoms with Gasteiger partial charge in [0.25, 0.3) is 0 Å². The van der Waals surface area contributed by atoms with Gasteiger partial charge in [0.15, 0.2) is 0 Å². The predicted octanol–water partition coefficient (Wildman–Crippen LogP) is 3.04. The van der Waals surface area contributed by atoms with E-state index in [4.69, 9.17) is 10.5 Å². The Morgan fingerprint density at radius 1 is 1.36 bits per heavy atom. The van der Waals surface area contributed by atoms with Gasteiger partial charge in [0.2, 0.25) is 0 Å². The first kappa shape index (κ1) is 16.6. The van der Waals surface area contributed by atoms with E-state index < -0.39 is 5.60 Å². The van der Waals surface area contributed by atoms with Gasteiger partial charge in [0.1, 0.15) is 11.4 Å². The molecule has 1 aromatic rings. The lowest BCUT2D eigenvalue weighted by Gasteiger charge is -2.36. The van der Waals surface area contributed by atoms with Gasteiger partial charge in [-0.05, 0) is 57.2 Å². The van der Waals surface area contributed by atoms with E-state index in [1.165, 1.54) is 0 Å². The van der Waals surface area contributed by atoms with E-state index in [2.05, 4.69) is 0 Å². The predicted molar refractivity (Wildman–Crippen MR) is 85.6 cm³/mol. The number of hydrogen-bond acceptors (Lipinski definition) is 4. The molecule has 22 heavy (non-hydrogen) atoms. The van der Waals surface area contributed by atoms with Crippen LogP contribution >= 0.6 is 0 Å². The third-order valence-corrected chi connectivity index (χ3v) is 3.90. The van der Waals surface area contributed by atoms with Crippen molar-refractivity contribution in [3.05, 3.63) is 29.8 Å². The average Bonchev–Trinajstić information content (AvgIpc) is 2.46. The van der Waals surface area contributed by atoms with Crippen LogP contribution in [0.1, 0.15) is 45.2 Å².